The smallest absolute Gasteiger partial charge is 0.209 e. The van der Waals surface area contributed by atoms with Gasteiger partial charge in [0.2, 0.25) is 7.28 Å². The predicted molar refractivity (Wildman–Crippen MR) is 49.4 cm³/mol. The Morgan fingerprint density at radius 1 is 1.45 bits per heavy atom. The molecular formula is C9H9BN. The van der Waals surface area contributed by atoms with E-state index in [1.807, 2.05) is 13.4 Å². The van der Waals surface area contributed by atoms with Crippen molar-refractivity contribution in [1.82, 2.24) is 0 Å². The second-order valence-electron chi connectivity index (χ2n) is 2.69. The monoisotopic (exact) mass is 142 g/mol. The van der Waals surface area contributed by atoms with Gasteiger partial charge in [0.05, 0.1) is 5.69 Å². The van der Waals surface area contributed by atoms with Crippen molar-refractivity contribution in [2.24, 2.45) is 4.99 Å². The zero-order chi connectivity index (χ0) is 7.68. The van der Waals surface area contributed by atoms with Gasteiger partial charge in [-0.25, -0.2) is 0 Å². The molecular weight excluding hydrogens is 133 g/mol. The summed E-state index contributed by atoms with van der Waals surface area (Å²) in [6.07, 6.45) is 2.94. The molecule has 53 valence electrons. The summed E-state index contributed by atoms with van der Waals surface area (Å²) < 4.78 is 0. The Kier molecular flexibility index (Phi) is 1.53. The van der Waals surface area contributed by atoms with E-state index >= 15 is 0 Å². The van der Waals surface area contributed by atoms with Crippen LogP contribution in [0.1, 0.15) is 12.5 Å². The number of aryl methyl sites for hydroxylation is 1. The van der Waals surface area contributed by atoms with Crippen LogP contribution in [-0.2, 0) is 6.42 Å². The van der Waals surface area contributed by atoms with Crippen LogP contribution in [0.5, 0.6) is 0 Å². The van der Waals surface area contributed by atoms with Crippen molar-refractivity contribution in [3.63, 3.8) is 0 Å². The number of aliphatic imine (C=N–C) groups is 1. The van der Waals surface area contributed by atoms with Gasteiger partial charge < -0.3 is 0 Å². The van der Waals surface area contributed by atoms with Gasteiger partial charge in [-0.15, -0.1) is 0 Å². The van der Waals surface area contributed by atoms with Crippen molar-refractivity contribution in [3.05, 3.63) is 23.8 Å². The average molecular weight is 142 g/mol. The number of hydrogen-bond acceptors (Lipinski definition) is 1. The minimum absolute atomic E-state index is 1.09. The molecule has 0 unspecified atom stereocenters. The lowest BCUT2D eigenvalue weighted by Crippen LogP contribution is -2.10. The molecule has 2 heteroatoms. The van der Waals surface area contributed by atoms with Gasteiger partial charge in [-0.05, 0) is 24.2 Å². The van der Waals surface area contributed by atoms with Gasteiger partial charge in [0, 0.05) is 0 Å². The molecule has 0 bridgehead atoms. The largest absolute Gasteiger partial charge is 0.272 e. The highest BCUT2D eigenvalue weighted by atomic mass is 14.7. The standard InChI is InChI=1S/C9H9BN/c1-2-7-3-4-8-9(5-7)11-6-10-8/h3-6H,2H2,1H3. The lowest BCUT2D eigenvalue weighted by molar-refractivity contribution is 1.14. The van der Waals surface area contributed by atoms with E-state index in [1.54, 1.807) is 0 Å². The predicted octanol–water partition coefficient (Wildman–Crippen LogP) is 1.25. The summed E-state index contributed by atoms with van der Waals surface area (Å²) in [6, 6.07) is 6.43. The third-order valence-corrected chi connectivity index (χ3v) is 1.97. The highest BCUT2D eigenvalue weighted by Gasteiger charge is 2.06. The van der Waals surface area contributed by atoms with Gasteiger partial charge in [0.1, 0.15) is 0 Å². The van der Waals surface area contributed by atoms with Gasteiger partial charge >= 0.3 is 0 Å². The summed E-state index contributed by atoms with van der Waals surface area (Å²) in [4.78, 5) is 4.23. The minimum Gasteiger partial charge on any atom is -0.272 e. The first-order valence-corrected chi connectivity index (χ1v) is 3.90. The fraction of sp³-hybridized carbons (Fsp3) is 0.222. The fourth-order valence-electron chi connectivity index (χ4n) is 1.26. The average Bonchev–Trinajstić information content (AvgIpc) is 2.50. The molecule has 0 saturated heterocycles. The third kappa shape index (κ3) is 1.09. The van der Waals surface area contributed by atoms with E-state index in [9.17, 15) is 0 Å². The third-order valence-electron chi connectivity index (χ3n) is 1.97. The molecule has 0 amide bonds. The van der Waals surface area contributed by atoms with E-state index in [4.69, 9.17) is 0 Å². The molecule has 0 aliphatic carbocycles. The molecule has 0 saturated carbocycles. The Morgan fingerprint density at radius 3 is 3.18 bits per heavy atom. The fourth-order valence-corrected chi connectivity index (χ4v) is 1.26. The molecule has 0 spiro atoms. The number of benzene rings is 1. The molecule has 1 nitrogen and oxygen atoms in total. The molecule has 1 heterocycles. The second kappa shape index (κ2) is 2.53. The van der Waals surface area contributed by atoms with E-state index in [-0.39, 0.29) is 0 Å². The van der Waals surface area contributed by atoms with Crippen LogP contribution in [0.15, 0.2) is 23.2 Å². The number of nitrogens with zero attached hydrogens (tertiary/aromatic N) is 1. The minimum atomic E-state index is 1.09. The number of fused-ring (bicyclic) bond motifs is 1. The Labute approximate surface area is 67.4 Å². The summed E-state index contributed by atoms with van der Waals surface area (Å²) >= 11 is 0. The van der Waals surface area contributed by atoms with Crippen LogP contribution >= 0.6 is 0 Å². The molecule has 1 aliphatic heterocycles. The summed E-state index contributed by atoms with van der Waals surface area (Å²) in [5.41, 5.74) is 3.71. The van der Waals surface area contributed by atoms with Crippen molar-refractivity contribution < 1.29 is 0 Å². The Hall–Kier alpha value is -1.05. The van der Waals surface area contributed by atoms with Gasteiger partial charge in [0.25, 0.3) is 0 Å². The molecule has 1 radical (unpaired) electrons. The lowest BCUT2D eigenvalue weighted by Gasteiger charge is -1.99. The maximum atomic E-state index is 4.23. The summed E-state index contributed by atoms with van der Waals surface area (Å²) in [6.45, 7) is 2.16. The Balaban J connectivity index is 2.47. The van der Waals surface area contributed by atoms with Crippen molar-refractivity contribution in [3.8, 4) is 0 Å². The zero-order valence-electron chi connectivity index (χ0n) is 6.54. The molecule has 0 aromatic heterocycles. The van der Waals surface area contributed by atoms with Crippen molar-refractivity contribution in [2.75, 3.05) is 0 Å². The van der Waals surface area contributed by atoms with Crippen LogP contribution in [0.4, 0.5) is 5.69 Å². The molecule has 1 aromatic rings. The van der Waals surface area contributed by atoms with Crippen LogP contribution in [0.2, 0.25) is 0 Å². The molecule has 0 N–H and O–H groups in total. The normalized spacial score (nSPS) is 12.8. The van der Waals surface area contributed by atoms with Crippen molar-refractivity contribution in [1.29, 1.82) is 0 Å². The Morgan fingerprint density at radius 2 is 2.36 bits per heavy atom. The Bertz CT molecular complexity index is 304. The topological polar surface area (TPSA) is 12.4 Å². The van der Waals surface area contributed by atoms with E-state index in [0.29, 0.717) is 0 Å². The van der Waals surface area contributed by atoms with Crippen LogP contribution in [-0.4, -0.2) is 13.4 Å². The molecule has 11 heavy (non-hydrogen) atoms. The summed E-state index contributed by atoms with van der Waals surface area (Å²) in [7, 11) is 2.04. The molecule has 0 fully saturated rings. The zero-order valence-corrected chi connectivity index (χ0v) is 6.54. The van der Waals surface area contributed by atoms with Gasteiger partial charge in [0.15, 0.2) is 0 Å². The SMILES string of the molecule is CCc1ccc2c(c1)N=C[B]2. The first-order valence-electron chi connectivity index (χ1n) is 3.90. The molecule has 0 atom stereocenters. The highest BCUT2D eigenvalue weighted by Crippen LogP contribution is 2.13. The van der Waals surface area contributed by atoms with Crippen LogP contribution in [0, 0.1) is 0 Å². The second-order valence-corrected chi connectivity index (χ2v) is 2.69. The first-order chi connectivity index (χ1) is 5.40. The molecule has 2 rings (SSSR count). The number of rotatable bonds is 1. The highest BCUT2D eigenvalue weighted by molar-refractivity contribution is 6.82. The van der Waals surface area contributed by atoms with E-state index in [1.165, 1.54) is 11.0 Å². The molecule has 1 aromatic carbocycles. The molecule has 1 aliphatic rings. The van der Waals surface area contributed by atoms with Crippen molar-refractivity contribution in [2.45, 2.75) is 13.3 Å². The van der Waals surface area contributed by atoms with Gasteiger partial charge in [-0.3, -0.25) is 4.99 Å². The summed E-state index contributed by atoms with van der Waals surface area (Å²) in [5.74, 6) is 0. The van der Waals surface area contributed by atoms with Crippen LogP contribution in [0.25, 0.3) is 0 Å². The maximum absolute atomic E-state index is 4.23. The van der Waals surface area contributed by atoms with E-state index < -0.39 is 0 Å². The van der Waals surface area contributed by atoms with Crippen LogP contribution < -0.4 is 5.46 Å². The lowest BCUT2D eigenvalue weighted by atomic mass is 9.73. The first kappa shape index (κ1) is 6.65. The van der Waals surface area contributed by atoms with E-state index in [2.05, 4.69) is 30.1 Å². The van der Waals surface area contributed by atoms with Crippen molar-refractivity contribution >= 4 is 24.5 Å². The maximum Gasteiger partial charge on any atom is 0.209 e. The van der Waals surface area contributed by atoms with Gasteiger partial charge in [-0.2, -0.15) is 0 Å². The number of hydrogen-bond donors (Lipinski definition) is 0. The van der Waals surface area contributed by atoms with E-state index in [0.717, 1.165) is 12.1 Å². The summed E-state index contributed by atoms with van der Waals surface area (Å²) in [5, 5.41) is 0. The van der Waals surface area contributed by atoms with Gasteiger partial charge in [-0.1, -0.05) is 24.5 Å². The van der Waals surface area contributed by atoms with Crippen LogP contribution in [0.3, 0.4) is 0 Å². The quantitative estimate of drug-likeness (QED) is 0.523.